The van der Waals surface area contributed by atoms with Crippen LogP contribution < -0.4 is 3.07 Å². The molecule has 1 aromatic carbocycles. The Kier molecular flexibility index (Phi) is 3.55. The monoisotopic (exact) mass is 287 g/mol. The highest BCUT2D eigenvalue weighted by molar-refractivity contribution is 14.1. The standard InChI is InChI=1S/C10H10INO/c1-7(2)9-5-3-4-8(6-12)10(9)13-11/h3-5,7H,1-2H3. The van der Waals surface area contributed by atoms with Gasteiger partial charge in [-0.05, 0) is 17.5 Å². The third-order valence-electron chi connectivity index (χ3n) is 1.87. The van der Waals surface area contributed by atoms with Crippen molar-refractivity contribution < 1.29 is 3.07 Å². The van der Waals surface area contributed by atoms with E-state index in [1.54, 1.807) is 6.07 Å². The van der Waals surface area contributed by atoms with Crippen molar-refractivity contribution in [1.29, 1.82) is 5.26 Å². The van der Waals surface area contributed by atoms with Gasteiger partial charge in [0.1, 0.15) is 6.07 Å². The van der Waals surface area contributed by atoms with E-state index in [4.69, 9.17) is 8.33 Å². The predicted molar refractivity (Wildman–Crippen MR) is 59.9 cm³/mol. The lowest BCUT2D eigenvalue weighted by Gasteiger charge is -2.10. The number of hydrogen-bond donors (Lipinski definition) is 0. The first kappa shape index (κ1) is 10.3. The van der Waals surface area contributed by atoms with E-state index < -0.39 is 0 Å². The molecule has 0 unspecified atom stereocenters. The van der Waals surface area contributed by atoms with Crippen LogP contribution in [0.2, 0.25) is 0 Å². The summed E-state index contributed by atoms with van der Waals surface area (Å²) in [5.41, 5.74) is 1.68. The van der Waals surface area contributed by atoms with E-state index in [-0.39, 0.29) is 0 Å². The molecule has 68 valence electrons. The Labute approximate surface area is 92.2 Å². The molecule has 0 aliphatic rings. The molecule has 0 bridgehead atoms. The van der Waals surface area contributed by atoms with E-state index >= 15 is 0 Å². The molecule has 0 aromatic heterocycles. The van der Waals surface area contributed by atoms with Crippen LogP contribution >= 0.6 is 23.0 Å². The second-order valence-electron chi connectivity index (χ2n) is 3.07. The Balaban J connectivity index is 3.29. The molecular formula is C10H10INO. The molecule has 0 radical (unpaired) electrons. The summed E-state index contributed by atoms with van der Waals surface area (Å²) in [6.07, 6.45) is 0. The van der Waals surface area contributed by atoms with Crippen molar-refractivity contribution in [2.75, 3.05) is 0 Å². The van der Waals surface area contributed by atoms with Crippen LogP contribution in [0.5, 0.6) is 5.75 Å². The first-order chi connectivity index (χ1) is 6.20. The van der Waals surface area contributed by atoms with Crippen molar-refractivity contribution in [2.24, 2.45) is 0 Å². The molecule has 1 aromatic rings. The van der Waals surface area contributed by atoms with Crippen LogP contribution in [0.15, 0.2) is 18.2 Å². The molecule has 1 rings (SSSR count). The first-order valence-electron chi connectivity index (χ1n) is 4.02. The minimum atomic E-state index is 0.373. The Hall–Kier alpha value is -0.760. The minimum absolute atomic E-state index is 0.373. The molecule has 0 amide bonds. The maximum atomic E-state index is 8.82. The quantitative estimate of drug-likeness (QED) is 0.781. The molecule has 0 heterocycles. The summed E-state index contributed by atoms with van der Waals surface area (Å²) in [6, 6.07) is 7.74. The number of halogens is 1. The van der Waals surface area contributed by atoms with Crippen molar-refractivity contribution in [2.45, 2.75) is 19.8 Å². The fourth-order valence-electron chi connectivity index (χ4n) is 1.18. The fourth-order valence-corrected chi connectivity index (χ4v) is 1.68. The highest BCUT2D eigenvalue weighted by Crippen LogP contribution is 2.30. The fraction of sp³-hybridized carbons (Fsp3) is 0.300. The van der Waals surface area contributed by atoms with Gasteiger partial charge in [-0.2, -0.15) is 5.26 Å². The average molecular weight is 287 g/mol. The summed E-state index contributed by atoms with van der Waals surface area (Å²) in [5, 5.41) is 8.82. The van der Waals surface area contributed by atoms with Gasteiger partial charge in [-0.3, -0.25) is 0 Å². The van der Waals surface area contributed by atoms with Crippen LogP contribution in [0.3, 0.4) is 0 Å². The zero-order valence-electron chi connectivity index (χ0n) is 7.54. The summed E-state index contributed by atoms with van der Waals surface area (Å²) in [7, 11) is 0. The van der Waals surface area contributed by atoms with Crippen LogP contribution in [0, 0.1) is 11.3 Å². The second-order valence-corrected chi connectivity index (χ2v) is 3.51. The van der Waals surface area contributed by atoms with E-state index in [2.05, 4.69) is 19.9 Å². The minimum Gasteiger partial charge on any atom is -0.426 e. The number of hydrogen-bond acceptors (Lipinski definition) is 2. The van der Waals surface area contributed by atoms with E-state index in [9.17, 15) is 0 Å². The zero-order valence-corrected chi connectivity index (χ0v) is 9.70. The Morgan fingerprint density at radius 1 is 1.46 bits per heavy atom. The summed E-state index contributed by atoms with van der Waals surface area (Å²) in [4.78, 5) is 0. The van der Waals surface area contributed by atoms with Crippen LogP contribution in [0.25, 0.3) is 0 Å². The molecule has 0 aliphatic heterocycles. The average Bonchev–Trinajstić information content (AvgIpc) is 2.16. The molecule has 0 atom stereocenters. The smallest absolute Gasteiger partial charge is 0.192 e. The van der Waals surface area contributed by atoms with E-state index in [1.165, 1.54) is 0 Å². The van der Waals surface area contributed by atoms with Crippen molar-refractivity contribution in [3.8, 4) is 11.8 Å². The number of rotatable bonds is 2. The van der Waals surface area contributed by atoms with Gasteiger partial charge in [0.2, 0.25) is 0 Å². The van der Waals surface area contributed by atoms with Gasteiger partial charge in [0.15, 0.2) is 28.8 Å². The lowest BCUT2D eigenvalue weighted by molar-refractivity contribution is 0.681. The molecule has 3 heteroatoms. The highest BCUT2D eigenvalue weighted by atomic mass is 127. The molecule has 2 nitrogen and oxygen atoms in total. The molecule has 0 saturated carbocycles. The molecule has 0 fully saturated rings. The summed E-state index contributed by atoms with van der Waals surface area (Å²) >= 11 is 1.81. The normalized spacial score (nSPS) is 9.77. The summed E-state index contributed by atoms with van der Waals surface area (Å²) in [5.74, 6) is 1.07. The van der Waals surface area contributed by atoms with E-state index in [1.807, 2.05) is 35.1 Å². The van der Waals surface area contributed by atoms with Crippen molar-refractivity contribution in [1.82, 2.24) is 0 Å². The van der Waals surface area contributed by atoms with Crippen molar-refractivity contribution in [3.63, 3.8) is 0 Å². The second kappa shape index (κ2) is 4.47. The van der Waals surface area contributed by atoms with E-state index in [0.717, 1.165) is 5.56 Å². The van der Waals surface area contributed by atoms with Crippen LogP contribution in [0.1, 0.15) is 30.9 Å². The predicted octanol–water partition coefficient (Wildman–Crippen LogP) is 3.41. The van der Waals surface area contributed by atoms with Gasteiger partial charge >= 0.3 is 0 Å². The molecule has 13 heavy (non-hydrogen) atoms. The van der Waals surface area contributed by atoms with Crippen molar-refractivity contribution >= 4 is 23.0 Å². The van der Waals surface area contributed by atoms with Gasteiger partial charge in [0.25, 0.3) is 0 Å². The lowest BCUT2D eigenvalue weighted by atomic mass is 10.00. The third kappa shape index (κ3) is 2.13. The molecule has 0 N–H and O–H groups in total. The van der Waals surface area contributed by atoms with Gasteiger partial charge in [-0.15, -0.1) is 0 Å². The molecule has 0 spiro atoms. The number of nitrogens with zero attached hydrogens (tertiary/aromatic N) is 1. The number of nitriles is 1. The number of para-hydroxylation sites is 1. The highest BCUT2D eigenvalue weighted by Gasteiger charge is 2.11. The molecule has 0 aliphatic carbocycles. The first-order valence-corrected chi connectivity index (χ1v) is 4.90. The van der Waals surface area contributed by atoms with Crippen LogP contribution in [-0.2, 0) is 0 Å². The van der Waals surface area contributed by atoms with Gasteiger partial charge in [0.05, 0.1) is 5.56 Å². The largest absolute Gasteiger partial charge is 0.426 e. The van der Waals surface area contributed by atoms with Gasteiger partial charge in [-0.25, -0.2) is 0 Å². The topological polar surface area (TPSA) is 33.0 Å². The number of benzene rings is 1. The maximum absolute atomic E-state index is 8.82. The van der Waals surface area contributed by atoms with E-state index in [0.29, 0.717) is 17.2 Å². The van der Waals surface area contributed by atoms with Gasteiger partial charge in [-0.1, -0.05) is 26.0 Å². The SMILES string of the molecule is CC(C)c1cccc(C#N)c1OI. The van der Waals surface area contributed by atoms with Crippen LogP contribution in [0.4, 0.5) is 0 Å². The summed E-state index contributed by atoms with van der Waals surface area (Å²) < 4.78 is 5.18. The Morgan fingerprint density at radius 3 is 2.62 bits per heavy atom. The van der Waals surface area contributed by atoms with Crippen LogP contribution in [-0.4, -0.2) is 0 Å². The molecule has 0 saturated heterocycles. The molecular weight excluding hydrogens is 277 g/mol. The lowest BCUT2D eigenvalue weighted by Crippen LogP contribution is -1.93. The Morgan fingerprint density at radius 2 is 2.15 bits per heavy atom. The van der Waals surface area contributed by atoms with Gasteiger partial charge < -0.3 is 3.07 Å². The summed E-state index contributed by atoms with van der Waals surface area (Å²) in [6.45, 7) is 4.16. The van der Waals surface area contributed by atoms with Gasteiger partial charge in [0, 0.05) is 0 Å². The van der Waals surface area contributed by atoms with Crippen molar-refractivity contribution in [3.05, 3.63) is 29.3 Å². The Bertz CT molecular complexity index is 341. The third-order valence-corrected chi connectivity index (χ3v) is 2.31. The maximum Gasteiger partial charge on any atom is 0.192 e. The zero-order chi connectivity index (χ0) is 9.84.